The summed E-state index contributed by atoms with van der Waals surface area (Å²) < 4.78 is 7.33. The first-order chi connectivity index (χ1) is 10.2. The molecule has 7 nitrogen and oxygen atoms in total. The Balaban J connectivity index is 0.00000144. The van der Waals surface area contributed by atoms with Crippen LogP contribution in [-0.4, -0.2) is 38.3 Å². The molecular formula is C13H10N3NaO4S. The molecule has 22 heavy (non-hydrogen) atoms. The number of rotatable bonds is 2. The van der Waals surface area contributed by atoms with Crippen LogP contribution in [0, 0.1) is 0 Å². The van der Waals surface area contributed by atoms with Crippen LogP contribution in [0.4, 0.5) is 0 Å². The van der Waals surface area contributed by atoms with Crippen molar-refractivity contribution < 1.29 is 49.0 Å². The predicted molar refractivity (Wildman–Crippen MR) is 71.2 cm³/mol. The molecule has 0 radical (unpaired) electrons. The van der Waals surface area contributed by atoms with Gasteiger partial charge in [-0.05, 0) is 11.5 Å². The van der Waals surface area contributed by atoms with Crippen molar-refractivity contribution in [1.29, 1.82) is 0 Å². The standard InChI is InChI=1S/C13H11N3O4S.Na/c17-11-8(12-16(11)9(6-21-12)13(18)19)3-7-4-14-10-5-20-2-1-15(7)10;/h3-4,6,12H,1-2,5H2,(H,18,19);/q;+1/p-1/t12-;/m1./s1. The summed E-state index contributed by atoms with van der Waals surface area (Å²) in [5.74, 6) is -0.774. The van der Waals surface area contributed by atoms with Crippen LogP contribution in [-0.2, 0) is 27.5 Å². The monoisotopic (exact) mass is 327 g/mol. The second kappa shape index (κ2) is 5.86. The van der Waals surface area contributed by atoms with Crippen LogP contribution >= 0.6 is 11.8 Å². The third kappa shape index (κ3) is 2.26. The molecule has 0 unspecified atom stereocenters. The Kier molecular flexibility index (Phi) is 4.21. The van der Waals surface area contributed by atoms with Crippen molar-refractivity contribution in [1.82, 2.24) is 14.5 Å². The van der Waals surface area contributed by atoms with E-state index in [1.54, 1.807) is 12.3 Å². The number of imidazole rings is 1. The summed E-state index contributed by atoms with van der Waals surface area (Å²) in [4.78, 5) is 28.5. The summed E-state index contributed by atoms with van der Waals surface area (Å²) in [6.07, 6.45) is 3.49. The van der Waals surface area contributed by atoms with Crippen LogP contribution in [0.1, 0.15) is 11.5 Å². The average Bonchev–Trinajstić information content (AvgIpc) is 3.06. The van der Waals surface area contributed by atoms with Crippen molar-refractivity contribution in [3.63, 3.8) is 0 Å². The molecule has 0 spiro atoms. The van der Waals surface area contributed by atoms with Gasteiger partial charge in [-0.15, -0.1) is 11.8 Å². The van der Waals surface area contributed by atoms with Crippen molar-refractivity contribution in [2.24, 2.45) is 0 Å². The van der Waals surface area contributed by atoms with Crippen molar-refractivity contribution in [3.8, 4) is 0 Å². The van der Waals surface area contributed by atoms with Gasteiger partial charge >= 0.3 is 29.6 Å². The molecule has 0 saturated carbocycles. The van der Waals surface area contributed by atoms with Gasteiger partial charge in [0, 0.05) is 6.54 Å². The number of hydrogen-bond acceptors (Lipinski definition) is 6. The molecule has 9 heteroatoms. The molecule has 1 amide bonds. The number of carbonyl (C=O) groups is 2. The Labute approximate surface area is 152 Å². The van der Waals surface area contributed by atoms with Crippen LogP contribution in [0.25, 0.3) is 6.08 Å². The van der Waals surface area contributed by atoms with Gasteiger partial charge in [-0.3, -0.25) is 9.69 Å². The number of β-lactam (4-membered cyclic amide) rings is 1. The number of fused-ring (bicyclic) bond motifs is 2. The fourth-order valence-corrected chi connectivity index (χ4v) is 3.77. The maximum Gasteiger partial charge on any atom is 1.00 e. The molecule has 3 aliphatic rings. The van der Waals surface area contributed by atoms with Gasteiger partial charge in [-0.2, -0.15) is 0 Å². The third-order valence-corrected chi connectivity index (χ3v) is 4.79. The molecule has 1 aromatic heterocycles. The van der Waals surface area contributed by atoms with Gasteiger partial charge in [-0.1, -0.05) is 0 Å². The van der Waals surface area contributed by atoms with E-state index >= 15 is 0 Å². The van der Waals surface area contributed by atoms with Crippen LogP contribution in [0.2, 0.25) is 0 Å². The minimum absolute atomic E-state index is 0. The first-order valence-electron chi connectivity index (χ1n) is 6.41. The van der Waals surface area contributed by atoms with Gasteiger partial charge in [0.25, 0.3) is 5.91 Å². The first kappa shape index (κ1) is 15.8. The predicted octanol–water partition coefficient (Wildman–Crippen LogP) is -3.69. The number of carbonyl (C=O) groups excluding carboxylic acids is 2. The summed E-state index contributed by atoms with van der Waals surface area (Å²) in [6.45, 7) is 1.79. The van der Waals surface area contributed by atoms with E-state index in [9.17, 15) is 14.7 Å². The number of nitrogens with zero attached hydrogens (tertiary/aromatic N) is 3. The second-order valence-corrected chi connectivity index (χ2v) is 5.81. The summed E-state index contributed by atoms with van der Waals surface area (Å²) in [5, 5.41) is 12.1. The van der Waals surface area contributed by atoms with E-state index in [-0.39, 0.29) is 46.5 Å². The topological polar surface area (TPSA) is 87.5 Å². The van der Waals surface area contributed by atoms with Gasteiger partial charge in [0.1, 0.15) is 17.8 Å². The Morgan fingerprint density at radius 1 is 1.55 bits per heavy atom. The number of ether oxygens (including phenoxy) is 1. The summed E-state index contributed by atoms with van der Waals surface area (Å²) in [7, 11) is 0. The maximum atomic E-state index is 12.1. The fourth-order valence-electron chi connectivity index (χ4n) is 2.66. The molecule has 0 aromatic carbocycles. The molecule has 0 bridgehead atoms. The summed E-state index contributed by atoms with van der Waals surface area (Å²) in [6, 6.07) is 0. The minimum Gasteiger partial charge on any atom is -0.543 e. The molecule has 1 atom stereocenters. The fraction of sp³-hybridized carbons (Fsp3) is 0.308. The molecule has 4 heterocycles. The maximum absolute atomic E-state index is 12.1. The zero-order chi connectivity index (χ0) is 14.6. The van der Waals surface area contributed by atoms with Crippen LogP contribution in [0.3, 0.4) is 0 Å². The number of aliphatic carboxylic acids is 1. The minimum atomic E-state index is -1.32. The van der Waals surface area contributed by atoms with E-state index < -0.39 is 5.97 Å². The van der Waals surface area contributed by atoms with Crippen molar-refractivity contribution >= 4 is 29.7 Å². The molecule has 108 valence electrons. The third-order valence-electron chi connectivity index (χ3n) is 3.71. The van der Waals surface area contributed by atoms with Crippen LogP contribution < -0.4 is 34.7 Å². The van der Waals surface area contributed by atoms with Crippen molar-refractivity contribution in [2.75, 3.05) is 6.61 Å². The number of hydrogen-bond donors (Lipinski definition) is 0. The van der Waals surface area contributed by atoms with E-state index in [2.05, 4.69) is 4.98 Å². The smallest absolute Gasteiger partial charge is 0.543 e. The first-order valence-corrected chi connectivity index (χ1v) is 7.35. The molecule has 3 aliphatic heterocycles. The number of carboxylic acid groups (broad SMARTS) is 1. The Morgan fingerprint density at radius 3 is 3.14 bits per heavy atom. The number of aromatic nitrogens is 2. The van der Waals surface area contributed by atoms with E-state index in [1.807, 2.05) is 4.57 Å². The number of thioether (sulfide) groups is 1. The largest absolute Gasteiger partial charge is 1.00 e. The quantitative estimate of drug-likeness (QED) is 0.316. The van der Waals surface area contributed by atoms with Crippen LogP contribution in [0.15, 0.2) is 22.9 Å². The Hall–Kier alpha value is -1.06. The van der Waals surface area contributed by atoms with Gasteiger partial charge in [-0.25, -0.2) is 4.98 Å². The molecule has 1 saturated heterocycles. The molecule has 0 N–H and O–H groups in total. The van der Waals surface area contributed by atoms with Gasteiger partial charge < -0.3 is 19.2 Å². The number of amides is 1. The van der Waals surface area contributed by atoms with E-state index in [4.69, 9.17) is 4.74 Å². The molecule has 1 aromatic rings. The van der Waals surface area contributed by atoms with Gasteiger partial charge in [0.2, 0.25) is 0 Å². The normalized spacial score (nSPS) is 24.3. The second-order valence-electron chi connectivity index (χ2n) is 4.86. The Morgan fingerprint density at radius 2 is 2.36 bits per heavy atom. The summed E-state index contributed by atoms with van der Waals surface area (Å²) >= 11 is 1.30. The zero-order valence-corrected chi connectivity index (χ0v) is 14.6. The van der Waals surface area contributed by atoms with Gasteiger partial charge in [0.05, 0.1) is 35.7 Å². The molecular weight excluding hydrogens is 317 g/mol. The molecule has 4 rings (SSSR count). The summed E-state index contributed by atoms with van der Waals surface area (Å²) in [5.41, 5.74) is 1.37. The van der Waals surface area contributed by atoms with E-state index in [1.165, 1.54) is 22.1 Å². The van der Waals surface area contributed by atoms with E-state index in [0.29, 0.717) is 25.3 Å². The van der Waals surface area contributed by atoms with Crippen molar-refractivity contribution in [2.45, 2.75) is 18.5 Å². The molecule has 1 fully saturated rings. The van der Waals surface area contributed by atoms with Crippen molar-refractivity contribution in [3.05, 3.63) is 34.4 Å². The van der Waals surface area contributed by atoms with Crippen LogP contribution in [0.5, 0.6) is 0 Å². The van der Waals surface area contributed by atoms with Gasteiger partial charge in [0.15, 0.2) is 0 Å². The van der Waals surface area contributed by atoms with E-state index in [0.717, 1.165) is 11.5 Å². The zero-order valence-electron chi connectivity index (χ0n) is 11.8. The SMILES string of the molecule is O=C([O-])C1=CS[C@@H]2C(=Cc3cnc4n3CCOC4)C(=O)N12.[Na+]. The average molecular weight is 327 g/mol. The Bertz CT molecular complexity index is 727. The molecule has 0 aliphatic carbocycles. The number of carboxylic acids is 1.